The van der Waals surface area contributed by atoms with E-state index in [4.69, 9.17) is 5.73 Å². The average molecular weight is 300 g/mol. The quantitative estimate of drug-likeness (QED) is 0.847. The number of likely N-dealkylation sites (tertiary alicyclic amines) is 1. The minimum absolute atomic E-state index is 0.0717. The minimum Gasteiger partial charge on any atom is -0.338 e. The zero-order valence-electron chi connectivity index (χ0n) is 13.0. The van der Waals surface area contributed by atoms with Crippen molar-refractivity contribution in [2.75, 3.05) is 13.1 Å². The van der Waals surface area contributed by atoms with Crippen molar-refractivity contribution in [3.63, 3.8) is 0 Å². The second-order valence-corrected chi connectivity index (χ2v) is 6.38. The SMILES string of the molecule is NCC1CCCN1C(=O)CCC(=O)c1ccc2c(c1)CCC2. The van der Waals surface area contributed by atoms with Gasteiger partial charge >= 0.3 is 0 Å². The van der Waals surface area contributed by atoms with Gasteiger partial charge in [0.15, 0.2) is 5.78 Å². The van der Waals surface area contributed by atoms with E-state index in [0.717, 1.165) is 37.8 Å². The van der Waals surface area contributed by atoms with Crippen LogP contribution in [0.1, 0.15) is 53.6 Å². The first-order valence-electron chi connectivity index (χ1n) is 8.33. The number of hydrogen-bond donors (Lipinski definition) is 1. The second kappa shape index (κ2) is 6.61. The number of amides is 1. The fourth-order valence-electron chi connectivity index (χ4n) is 3.66. The number of aryl methyl sites for hydroxylation is 2. The minimum atomic E-state index is 0.0717. The Bertz CT molecular complexity index is 582. The molecule has 1 aromatic rings. The summed E-state index contributed by atoms with van der Waals surface area (Å²) in [7, 11) is 0. The number of fused-ring (bicyclic) bond motifs is 1. The van der Waals surface area contributed by atoms with Crippen LogP contribution in [0, 0.1) is 0 Å². The first-order chi connectivity index (χ1) is 10.7. The predicted molar refractivity (Wildman–Crippen MR) is 85.8 cm³/mol. The molecule has 1 aliphatic heterocycles. The highest BCUT2D eigenvalue weighted by Crippen LogP contribution is 2.24. The Labute approximate surface area is 131 Å². The Balaban J connectivity index is 1.57. The molecule has 0 spiro atoms. The summed E-state index contributed by atoms with van der Waals surface area (Å²) in [6, 6.07) is 6.17. The maximum absolute atomic E-state index is 12.3. The van der Waals surface area contributed by atoms with E-state index in [0.29, 0.717) is 19.4 Å². The van der Waals surface area contributed by atoms with Crippen molar-refractivity contribution in [2.24, 2.45) is 5.73 Å². The number of hydrogen-bond acceptors (Lipinski definition) is 3. The molecule has 1 saturated heterocycles. The van der Waals surface area contributed by atoms with Crippen molar-refractivity contribution in [2.45, 2.75) is 51.0 Å². The molecule has 2 N–H and O–H groups in total. The third kappa shape index (κ3) is 3.07. The van der Waals surface area contributed by atoms with Crippen LogP contribution in [0.2, 0.25) is 0 Å². The molecule has 3 rings (SSSR count). The lowest BCUT2D eigenvalue weighted by Crippen LogP contribution is -2.39. The monoisotopic (exact) mass is 300 g/mol. The molecule has 1 heterocycles. The summed E-state index contributed by atoms with van der Waals surface area (Å²) in [5.41, 5.74) is 9.13. The lowest BCUT2D eigenvalue weighted by molar-refractivity contribution is -0.131. The van der Waals surface area contributed by atoms with Gasteiger partial charge in [0.05, 0.1) is 0 Å². The number of Topliss-reactive ketones (excluding diaryl/α,β-unsaturated/α-hetero) is 1. The fourth-order valence-corrected chi connectivity index (χ4v) is 3.66. The summed E-state index contributed by atoms with van der Waals surface area (Å²) in [6.07, 6.45) is 5.98. The molecule has 1 amide bonds. The van der Waals surface area contributed by atoms with Crippen LogP contribution < -0.4 is 5.73 Å². The van der Waals surface area contributed by atoms with Crippen molar-refractivity contribution in [3.8, 4) is 0 Å². The Morgan fingerprint density at radius 2 is 1.95 bits per heavy atom. The van der Waals surface area contributed by atoms with Crippen molar-refractivity contribution < 1.29 is 9.59 Å². The number of ketones is 1. The molecule has 1 fully saturated rings. The molecule has 22 heavy (non-hydrogen) atoms. The van der Waals surface area contributed by atoms with E-state index >= 15 is 0 Å². The van der Waals surface area contributed by atoms with E-state index in [1.54, 1.807) is 0 Å². The molecule has 0 bridgehead atoms. The van der Waals surface area contributed by atoms with E-state index < -0.39 is 0 Å². The van der Waals surface area contributed by atoms with Gasteiger partial charge in [-0.2, -0.15) is 0 Å². The van der Waals surface area contributed by atoms with Crippen LogP contribution in [0.25, 0.3) is 0 Å². The van der Waals surface area contributed by atoms with Crippen LogP contribution in [0.5, 0.6) is 0 Å². The van der Waals surface area contributed by atoms with Gasteiger partial charge in [-0.3, -0.25) is 9.59 Å². The van der Waals surface area contributed by atoms with Crippen LogP contribution in [-0.2, 0) is 17.6 Å². The highest BCUT2D eigenvalue weighted by atomic mass is 16.2. The molecule has 2 aliphatic rings. The van der Waals surface area contributed by atoms with E-state index in [1.807, 2.05) is 17.0 Å². The lowest BCUT2D eigenvalue weighted by atomic mass is 10.0. The molecular weight excluding hydrogens is 276 g/mol. The highest BCUT2D eigenvalue weighted by molar-refractivity contribution is 5.98. The Hall–Kier alpha value is -1.68. The number of benzene rings is 1. The molecule has 118 valence electrons. The van der Waals surface area contributed by atoms with Gasteiger partial charge in [0.25, 0.3) is 0 Å². The number of rotatable bonds is 5. The first-order valence-corrected chi connectivity index (χ1v) is 8.33. The topological polar surface area (TPSA) is 63.4 Å². The number of carbonyl (C=O) groups is 2. The second-order valence-electron chi connectivity index (χ2n) is 6.38. The Kier molecular flexibility index (Phi) is 4.57. The van der Waals surface area contributed by atoms with Crippen LogP contribution in [0.15, 0.2) is 18.2 Å². The van der Waals surface area contributed by atoms with Gasteiger partial charge in [-0.05, 0) is 49.3 Å². The zero-order chi connectivity index (χ0) is 15.5. The van der Waals surface area contributed by atoms with Crippen molar-refractivity contribution >= 4 is 11.7 Å². The molecule has 0 aromatic heterocycles. The van der Waals surface area contributed by atoms with Crippen LogP contribution in [-0.4, -0.2) is 35.7 Å². The average Bonchev–Trinajstić information content (AvgIpc) is 3.19. The molecule has 0 saturated carbocycles. The molecular formula is C18H24N2O2. The standard InChI is InChI=1S/C18H24N2O2/c19-12-16-5-2-10-20(16)18(22)9-8-17(21)15-7-6-13-3-1-4-14(13)11-15/h6-7,11,16H,1-5,8-10,12,19H2. The Morgan fingerprint density at radius 1 is 1.14 bits per heavy atom. The first kappa shape index (κ1) is 15.2. The number of nitrogens with two attached hydrogens (primary N) is 1. The molecule has 4 nitrogen and oxygen atoms in total. The molecule has 4 heteroatoms. The molecule has 1 aromatic carbocycles. The van der Waals surface area contributed by atoms with E-state index in [-0.39, 0.29) is 17.7 Å². The third-order valence-corrected chi connectivity index (χ3v) is 4.96. The van der Waals surface area contributed by atoms with Gasteiger partial charge in [0.2, 0.25) is 5.91 Å². The summed E-state index contributed by atoms with van der Waals surface area (Å²) >= 11 is 0. The normalized spacial score (nSPS) is 20.2. The zero-order valence-corrected chi connectivity index (χ0v) is 13.0. The summed E-state index contributed by atoms with van der Waals surface area (Å²) in [5.74, 6) is 0.147. The smallest absolute Gasteiger partial charge is 0.223 e. The predicted octanol–water partition coefficient (Wildman–Crippen LogP) is 2.09. The summed E-state index contributed by atoms with van der Waals surface area (Å²) < 4.78 is 0. The van der Waals surface area contributed by atoms with E-state index in [2.05, 4.69) is 6.07 Å². The highest BCUT2D eigenvalue weighted by Gasteiger charge is 2.27. The van der Waals surface area contributed by atoms with E-state index in [1.165, 1.54) is 17.5 Å². The summed E-state index contributed by atoms with van der Waals surface area (Å²) in [6.45, 7) is 1.30. The van der Waals surface area contributed by atoms with Gasteiger partial charge < -0.3 is 10.6 Å². The maximum Gasteiger partial charge on any atom is 0.223 e. The van der Waals surface area contributed by atoms with E-state index in [9.17, 15) is 9.59 Å². The molecule has 1 atom stereocenters. The maximum atomic E-state index is 12.3. The van der Waals surface area contributed by atoms with Crippen molar-refractivity contribution in [1.29, 1.82) is 0 Å². The van der Waals surface area contributed by atoms with Crippen molar-refractivity contribution in [3.05, 3.63) is 34.9 Å². The fraction of sp³-hybridized carbons (Fsp3) is 0.556. The largest absolute Gasteiger partial charge is 0.338 e. The number of nitrogens with zero attached hydrogens (tertiary/aromatic N) is 1. The molecule has 1 unspecified atom stereocenters. The van der Waals surface area contributed by atoms with Crippen LogP contribution in [0.3, 0.4) is 0 Å². The summed E-state index contributed by atoms with van der Waals surface area (Å²) in [5, 5.41) is 0. The van der Waals surface area contributed by atoms with Crippen LogP contribution >= 0.6 is 0 Å². The molecule has 1 aliphatic carbocycles. The van der Waals surface area contributed by atoms with Gasteiger partial charge in [-0.25, -0.2) is 0 Å². The third-order valence-electron chi connectivity index (χ3n) is 4.96. The molecule has 0 radical (unpaired) electrons. The van der Waals surface area contributed by atoms with Gasteiger partial charge in [-0.1, -0.05) is 12.1 Å². The Morgan fingerprint density at radius 3 is 2.77 bits per heavy atom. The van der Waals surface area contributed by atoms with Crippen molar-refractivity contribution in [1.82, 2.24) is 4.90 Å². The summed E-state index contributed by atoms with van der Waals surface area (Å²) in [4.78, 5) is 26.4. The van der Waals surface area contributed by atoms with Gasteiger partial charge in [-0.15, -0.1) is 0 Å². The number of carbonyl (C=O) groups excluding carboxylic acids is 2. The lowest BCUT2D eigenvalue weighted by Gasteiger charge is -2.23. The van der Waals surface area contributed by atoms with Gasteiger partial charge in [0.1, 0.15) is 0 Å². The van der Waals surface area contributed by atoms with Gasteiger partial charge in [0, 0.05) is 37.5 Å². The van der Waals surface area contributed by atoms with Crippen LogP contribution in [0.4, 0.5) is 0 Å².